The molecule has 0 spiro atoms. The van der Waals surface area contributed by atoms with Crippen molar-refractivity contribution in [2.75, 3.05) is 0 Å². The van der Waals surface area contributed by atoms with Crippen LogP contribution in [-0.4, -0.2) is 54.5 Å². The minimum absolute atomic E-state index is 0.0830. The Morgan fingerprint density at radius 3 is 2.53 bits per heavy atom. The molecule has 1 aromatic carbocycles. The number of benzene rings is 1. The molecule has 1 fully saturated rings. The number of thiophene rings is 1. The van der Waals surface area contributed by atoms with Crippen LogP contribution < -0.4 is 5.32 Å². The van der Waals surface area contributed by atoms with Crippen molar-refractivity contribution >= 4 is 46.6 Å². The maximum absolute atomic E-state index is 12.6. The molecule has 0 bridgehead atoms. The molecule has 0 aliphatic carbocycles. The van der Waals surface area contributed by atoms with Gasteiger partial charge in [0.05, 0.1) is 16.6 Å². The summed E-state index contributed by atoms with van der Waals surface area (Å²) in [5, 5.41) is 34.1. The van der Waals surface area contributed by atoms with Crippen LogP contribution in [0.2, 0.25) is 0 Å². The van der Waals surface area contributed by atoms with E-state index in [9.17, 15) is 34.7 Å². The summed E-state index contributed by atoms with van der Waals surface area (Å²) in [6, 6.07) is 8.43. The molecular formula is C20H17N3O7S2. The number of carboxylic acid groups (broad SMARTS) is 1. The van der Waals surface area contributed by atoms with Gasteiger partial charge >= 0.3 is 5.97 Å². The van der Waals surface area contributed by atoms with Gasteiger partial charge < -0.3 is 15.5 Å². The zero-order chi connectivity index (χ0) is 23.0. The number of β-lactam (4-membered cyclic amide) rings is 1. The van der Waals surface area contributed by atoms with Gasteiger partial charge in [-0.3, -0.25) is 24.6 Å². The SMILES string of the molecule is O=C(Cc1cccs1)NC1C(=O)N2C(C(=O)O)=C(O)C(Cc3ccc([N+](=O)[O-])cc3)S[C@H]12. The Bertz CT molecular complexity index is 1110. The largest absolute Gasteiger partial charge is 0.509 e. The quantitative estimate of drug-likeness (QED) is 0.313. The normalized spacial score (nSPS) is 22.2. The summed E-state index contributed by atoms with van der Waals surface area (Å²) in [5.74, 6) is -2.85. The number of aliphatic hydroxyl groups is 1. The number of nitro groups is 1. The van der Waals surface area contributed by atoms with Crippen LogP contribution in [0, 0.1) is 10.1 Å². The Kier molecular flexibility index (Phi) is 5.89. The summed E-state index contributed by atoms with van der Waals surface area (Å²) in [6.45, 7) is 0. The van der Waals surface area contributed by atoms with Crippen LogP contribution in [0.3, 0.4) is 0 Å². The second-order valence-electron chi connectivity index (χ2n) is 7.19. The lowest BCUT2D eigenvalue weighted by atomic mass is 10.0. The second kappa shape index (κ2) is 8.63. The van der Waals surface area contributed by atoms with Crippen molar-refractivity contribution in [2.45, 2.75) is 29.5 Å². The Labute approximate surface area is 189 Å². The van der Waals surface area contributed by atoms with Crippen molar-refractivity contribution in [3.63, 3.8) is 0 Å². The first-order valence-corrected chi connectivity index (χ1v) is 11.3. The molecule has 32 heavy (non-hydrogen) atoms. The van der Waals surface area contributed by atoms with Crippen molar-refractivity contribution in [1.29, 1.82) is 0 Å². The molecule has 2 aromatic rings. The maximum atomic E-state index is 12.6. The van der Waals surface area contributed by atoms with E-state index in [4.69, 9.17) is 0 Å². The summed E-state index contributed by atoms with van der Waals surface area (Å²) in [4.78, 5) is 48.9. The summed E-state index contributed by atoms with van der Waals surface area (Å²) >= 11 is 2.58. The highest BCUT2D eigenvalue weighted by molar-refractivity contribution is 8.00. The molecule has 2 aliphatic rings. The number of rotatable bonds is 7. The van der Waals surface area contributed by atoms with Crippen molar-refractivity contribution in [3.8, 4) is 0 Å². The third kappa shape index (κ3) is 4.06. The van der Waals surface area contributed by atoms with E-state index in [0.29, 0.717) is 5.56 Å². The molecule has 2 amide bonds. The van der Waals surface area contributed by atoms with Crippen molar-refractivity contribution in [3.05, 3.63) is 73.8 Å². The Balaban J connectivity index is 1.52. The molecule has 0 saturated carbocycles. The molecule has 1 aromatic heterocycles. The van der Waals surface area contributed by atoms with Crippen LogP contribution in [0.15, 0.2) is 53.2 Å². The van der Waals surface area contributed by atoms with E-state index >= 15 is 0 Å². The van der Waals surface area contributed by atoms with Gasteiger partial charge in [0, 0.05) is 17.0 Å². The molecule has 12 heteroatoms. The average Bonchev–Trinajstić information content (AvgIpc) is 3.26. The summed E-state index contributed by atoms with van der Waals surface area (Å²) in [5.41, 5.74) is 0.0662. The van der Waals surface area contributed by atoms with E-state index in [2.05, 4.69) is 5.32 Å². The predicted molar refractivity (Wildman–Crippen MR) is 116 cm³/mol. The monoisotopic (exact) mass is 475 g/mol. The highest BCUT2D eigenvalue weighted by Crippen LogP contribution is 2.44. The van der Waals surface area contributed by atoms with Crippen LogP contribution in [0.25, 0.3) is 0 Å². The van der Waals surface area contributed by atoms with Gasteiger partial charge in [-0.05, 0) is 23.4 Å². The number of aliphatic hydroxyl groups excluding tert-OH is 1. The van der Waals surface area contributed by atoms with Gasteiger partial charge in [-0.2, -0.15) is 0 Å². The zero-order valence-electron chi connectivity index (χ0n) is 16.3. The fourth-order valence-electron chi connectivity index (χ4n) is 3.60. The van der Waals surface area contributed by atoms with Gasteiger partial charge in [-0.1, -0.05) is 18.2 Å². The maximum Gasteiger partial charge on any atom is 0.356 e. The van der Waals surface area contributed by atoms with Crippen LogP contribution in [0.5, 0.6) is 0 Å². The highest BCUT2D eigenvalue weighted by atomic mass is 32.2. The third-order valence-corrected chi connectivity index (χ3v) is 7.49. The van der Waals surface area contributed by atoms with Crippen LogP contribution in [0.1, 0.15) is 10.4 Å². The van der Waals surface area contributed by atoms with E-state index in [0.717, 1.165) is 9.78 Å². The predicted octanol–water partition coefficient (Wildman–Crippen LogP) is 2.06. The summed E-state index contributed by atoms with van der Waals surface area (Å²) in [7, 11) is 0. The number of nitrogens with zero attached hydrogens (tertiary/aromatic N) is 2. The molecule has 1 saturated heterocycles. The number of carboxylic acids is 1. The fraction of sp³-hybridized carbons (Fsp3) is 0.250. The lowest BCUT2D eigenvalue weighted by Crippen LogP contribution is -2.71. The molecule has 2 unspecified atom stereocenters. The third-order valence-electron chi connectivity index (χ3n) is 5.14. The molecule has 0 radical (unpaired) electrons. The van der Waals surface area contributed by atoms with Gasteiger partial charge in [0.1, 0.15) is 17.2 Å². The first kappa shape index (κ1) is 21.8. The number of hydrogen-bond acceptors (Lipinski definition) is 8. The Hall–Kier alpha value is -3.38. The molecule has 2 aliphatic heterocycles. The van der Waals surface area contributed by atoms with Crippen molar-refractivity contribution in [2.24, 2.45) is 0 Å². The highest BCUT2D eigenvalue weighted by Gasteiger charge is 2.56. The number of nitrogens with one attached hydrogen (secondary N) is 1. The number of carbonyl (C=O) groups excluding carboxylic acids is 2. The first-order valence-electron chi connectivity index (χ1n) is 9.46. The lowest BCUT2D eigenvalue weighted by Gasteiger charge is -2.50. The van der Waals surface area contributed by atoms with Crippen molar-refractivity contribution in [1.82, 2.24) is 10.2 Å². The van der Waals surface area contributed by atoms with Crippen LogP contribution in [0.4, 0.5) is 5.69 Å². The van der Waals surface area contributed by atoms with Crippen LogP contribution >= 0.6 is 23.1 Å². The first-order chi connectivity index (χ1) is 15.3. The van der Waals surface area contributed by atoms with Gasteiger partial charge in [0.15, 0.2) is 5.70 Å². The number of carbonyl (C=O) groups is 3. The molecule has 4 rings (SSSR count). The molecule has 10 nitrogen and oxygen atoms in total. The van der Waals surface area contributed by atoms with Gasteiger partial charge in [-0.25, -0.2) is 4.79 Å². The molecule has 3 N–H and O–H groups in total. The number of amides is 2. The fourth-order valence-corrected chi connectivity index (χ4v) is 5.85. The minimum atomic E-state index is -1.45. The standard InChI is InChI=1S/C20H17N3O7S2/c24-14(9-12-2-1-7-31-12)21-15-18(26)22-16(20(27)28)17(25)13(32-19(15)22)8-10-3-5-11(6-4-10)23(29)30/h1-7,13,15,19,25H,8-9H2,(H,21,24)(H,27,28)/t13?,15?,19-/m1/s1. The van der Waals surface area contributed by atoms with E-state index in [1.165, 1.54) is 47.4 Å². The van der Waals surface area contributed by atoms with Crippen LogP contribution in [-0.2, 0) is 27.2 Å². The number of aliphatic carboxylic acids is 1. The van der Waals surface area contributed by atoms with Gasteiger partial charge in [0.2, 0.25) is 5.91 Å². The number of fused-ring (bicyclic) bond motifs is 1. The smallest absolute Gasteiger partial charge is 0.356 e. The zero-order valence-corrected chi connectivity index (χ0v) is 18.0. The number of thioether (sulfide) groups is 1. The lowest BCUT2D eigenvalue weighted by molar-refractivity contribution is -0.384. The summed E-state index contributed by atoms with van der Waals surface area (Å²) < 4.78 is 0. The molecule has 166 valence electrons. The average molecular weight is 476 g/mol. The number of nitro benzene ring substituents is 1. The Morgan fingerprint density at radius 1 is 1.22 bits per heavy atom. The number of non-ortho nitro benzene ring substituents is 1. The van der Waals surface area contributed by atoms with E-state index in [-0.39, 0.29) is 24.4 Å². The molecular weight excluding hydrogens is 458 g/mol. The number of hydrogen-bond donors (Lipinski definition) is 3. The Morgan fingerprint density at radius 2 is 1.94 bits per heavy atom. The van der Waals surface area contributed by atoms with Gasteiger partial charge in [0.25, 0.3) is 11.6 Å². The molecule has 3 atom stereocenters. The topological polar surface area (TPSA) is 150 Å². The van der Waals surface area contributed by atoms with E-state index < -0.39 is 44.9 Å². The van der Waals surface area contributed by atoms with Gasteiger partial charge in [-0.15, -0.1) is 23.1 Å². The minimum Gasteiger partial charge on any atom is -0.509 e. The summed E-state index contributed by atoms with van der Waals surface area (Å²) in [6.07, 6.45) is 0.303. The second-order valence-corrected chi connectivity index (χ2v) is 9.55. The molecule has 3 heterocycles. The van der Waals surface area contributed by atoms with Crippen molar-refractivity contribution < 1.29 is 29.5 Å². The van der Waals surface area contributed by atoms with E-state index in [1.807, 2.05) is 11.4 Å². The van der Waals surface area contributed by atoms with E-state index in [1.54, 1.807) is 6.07 Å².